The Kier molecular flexibility index (Phi) is 4.52. The monoisotopic (exact) mass is 301 g/mol. The van der Waals surface area contributed by atoms with Crippen LogP contribution in [0.25, 0.3) is 0 Å². The van der Waals surface area contributed by atoms with Gasteiger partial charge in [0.2, 0.25) is 0 Å². The summed E-state index contributed by atoms with van der Waals surface area (Å²) in [5.41, 5.74) is 2.04. The second-order valence-corrected chi connectivity index (χ2v) is 5.58. The molecule has 0 radical (unpaired) electrons. The van der Waals surface area contributed by atoms with E-state index in [1.54, 1.807) is 12.1 Å². The number of benzene rings is 2. The molecule has 22 heavy (non-hydrogen) atoms. The maximum Gasteiger partial charge on any atom is 0.174 e. The van der Waals surface area contributed by atoms with Gasteiger partial charge in [0.1, 0.15) is 5.82 Å². The second kappa shape index (κ2) is 6.57. The second-order valence-electron chi connectivity index (χ2n) is 5.58. The average molecular weight is 301 g/mol. The standard InChI is InChI=1S/C18H20FNO2/c1-13(14-5-3-2-4-6-14)20-11-12-22-18(21)17(20)15-7-9-16(19)10-8-15/h2-10,13,17-18,21H,11-12H2,1H3/t13-,17-,18+/m1/s1. The number of aliphatic hydroxyl groups is 1. The third-order valence-corrected chi connectivity index (χ3v) is 4.26. The topological polar surface area (TPSA) is 32.7 Å². The fourth-order valence-corrected chi connectivity index (χ4v) is 3.05. The minimum atomic E-state index is -0.912. The Bertz CT molecular complexity index is 602. The van der Waals surface area contributed by atoms with Gasteiger partial charge in [-0.3, -0.25) is 4.90 Å². The molecule has 2 aromatic carbocycles. The Morgan fingerprint density at radius 3 is 2.50 bits per heavy atom. The smallest absolute Gasteiger partial charge is 0.174 e. The molecule has 3 nitrogen and oxygen atoms in total. The first-order chi connectivity index (χ1) is 10.7. The van der Waals surface area contributed by atoms with Gasteiger partial charge in [0, 0.05) is 12.6 Å². The molecule has 0 amide bonds. The van der Waals surface area contributed by atoms with E-state index in [4.69, 9.17) is 4.74 Å². The van der Waals surface area contributed by atoms with Crippen LogP contribution >= 0.6 is 0 Å². The Morgan fingerprint density at radius 2 is 1.82 bits per heavy atom. The largest absolute Gasteiger partial charge is 0.366 e. The zero-order valence-corrected chi connectivity index (χ0v) is 12.5. The molecule has 4 heteroatoms. The summed E-state index contributed by atoms with van der Waals surface area (Å²) in [6.45, 7) is 3.31. The van der Waals surface area contributed by atoms with E-state index in [-0.39, 0.29) is 17.9 Å². The fraction of sp³-hybridized carbons (Fsp3) is 0.333. The lowest BCUT2D eigenvalue weighted by atomic mass is 9.98. The Labute approximate surface area is 130 Å². The maximum absolute atomic E-state index is 13.2. The van der Waals surface area contributed by atoms with Gasteiger partial charge in [0.05, 0.1) is 12.6 Å². The SMILES string of the molecule is C[C@H](c1ccccc1)N1CCO[C@H](O)[C@H]1c1ccc(F)cc1. The molecule has 3 rings (SSSR count). The molecule has 1 aliphatic rings. The number of rotatable bonds is 3. The highest BCUT2D eigenvalue weighted by molar-refractivity contribution is 5.24. The van der Waals surface area contributed by atoms with E-state index >= 15 is 0 Å². The fourth-order valence-electron chi connectivity index (χ4n) is 3.05. The lowest BCUT2D eigenvalue weighted by Crippen LogP contribution is -2.46. The first-order valence-corrected chi connectivity index (χ1v) is 7.52. The molecule has 0 saturated carbocycles. The van der Waals surface area contributed by atoms with Crippen LogP contribution in [0.15, 0.2) is 54.6 Å². The molecule has 1 heterocycles. The zero-order valence-electron chi connectivity index (χ0n) is 12.5. The normalized spacial score (nSPS) is 24.1. The van der Waals surface area contributed by atoms with Gasteiger partial charge in [-0.1, -0.05) is 42.5 Å². The minimum absolute atomic E-state index is 0.134. The molecule has 0 unspecified atom stereocenters. The summed E-state index contributed by atoms with van der Waals surface area (Å²) >= 11 is 0. The van der Waals surface area contributed by atoms with Gasteiger partial charge in [0.25, 0.3) is 0 Å². The third-order valence-electron chi connectivity index (χ3n) is 4.26. The van der Waals surface area contributed by atoms with Gasteiger partial charge in [-0.25, -0.2) is 4.39 Å². The van der Waals surface area contributed by atoms with Crippen molar-refractivity contribution in [3.05, 3.63) is 71.5 Å². The molecule has 0 bridgehead atoms. The molecular formula is C18H20FNO2. The molecule has 1 aliphatic heterocycles. The van der Waals surface area contributed by atoms with E-state index in [1.807, 2.05) is 18.2 Å². The lowest BCUT2D eigenvalue weighted by molar-refractivity contribution is -0.189. The molecule has 1 fully saturated rings. The van der Waals surface area contributed by atoms with Crippen molar-refractivity contribution in [2.24, 2.45) is 0 Å². The molecule has 3 atom stereocenters. The van der Waals surface area contributed by atoms with E-state index in [2.05, 4.69) is 24.0 Å². The van der Waals surface area contributed by atoms with Gasteiger partial charge in [-0.05, 0) is 30.2 Å². The number of nitrogens with zero attached hydrogens (tertiary/aromatic N) is 1. The quantitative estimate of drug-likeness (QED) is 0.944. The van der Waals surface area contributed by atoms with Crippen molar-refractivity contribution in [2.75, 3.05) is 13.2 Å². The Morgan fingerprint density at radius 1 is 1.14 bits per heavy atom. The van der Waals surface area contributed by atoms with E-state index in [0.29, 0.717) is 6.61 Å². The van der Waals surface area contributed by atoms with Gasteiger partial charge in [-0.2, -0.15) is 0 Å². The summed E-state index contributed by atoms with van der Waals surface area (Å²) in [6, 6.07) is 16.3. The zero-order chi connectivity index (χ0) is 15.5. The van der Waals surface area contributed by atoms with Crippen molar-refractivity contribution in [3.8, 4) is 0 Å². The number of hydrogen-bond donors (Lipinski definition) is 1. The molecule has 1 saturated heterocycles. The van der Waals surface area contributed by atoms with Crippen LogP contribution in [-0.2, 0) is 4.74 Å². The Hall–Kier alpha value is -1.75. The summed E-state index contributed by atoms with van der Waals surface area (Å²) in [5, 5.41) is 10.3. The maximum atomic E-state index is 13.2. The van der Waals surface area contributed by atoms with Crippen LogP contribution in [0.2, 0.25) is 0 Å². The average Bonchev–Trinajstić information content (AvgIpc) is 2.56. The predicted molar refractivity (Wildman–Crippen MR) is 82.7 cm³/mol. The van der Waals surface area contributed by atoms with Crippen LogP contribution in [0.4, 0.5) is 4.39 Å². The molecule has 1 N–H and O–H groups in total. The van der Waals surface area contributed by atoms with Crippen LogP contribution < -0.4 is 0 Å². The first-order valence-electron chi connectivity index (χ1n) is 7.52. The van der Waals surface area contributed by atoms with Crippen LogP contribution in [0.5, 0.6) is 0 Å². The van der Waals surface area contributed by atoms with Gasteiger partial charge < -0.3 is 9.84 Å². The summed E-state index contributed by atoms with van der Waals surface area (Å²) < 4.78 is 18.6. The highest BCUT2D eigenvalue weighted by Crippen LogP contribution is 2.35. The number of morpholine rings is 1. The Balaban J connectivity index is 1.91. The van der Waals surface area contributed by atoms with E-state index in [0.717, 1.165) is 12.1 Å². The molecule has 2 aromatic rings. The number of hydrogen-bond acceptors (Lipinski definition) is 3. The third kappa shape index (κ3) is 3.04. The summed E-state index contributed by atoms with van der Waals surface area (Å²) in [4.78, 5) is 2.21. The molecule has 0 aliphatic carbocycles. The molecule has 0 aromatic heterocycles. The van der Waals surface area contributed by atoms with Crippen molar-refractivity contribution >= 4 is 0 Å². The van der Waals surface area contributed by atoms with Crippen LogP contribution in [0.3, 0.4) is 0 Å². The van der Waals surface area contributed by atoms with Crippen molar-refractivity contribution in [2.45, 2.75) is 25.3 Å². The van der Waals surface area contributed by atoms with Gasteiger partial charge in [0.15, 0.2) is 6.29 Å². The van der Waals surface area contributed by atoms with Gasteiger partial charge in [-0.15, -0.1) is 0 Å². The number of halogens is 1. The van der Waals surface area contributed by atoms with Crippen LogP contribution in [0.1, 0.15) is 30.1 Å². The van der Waals surface area contributed by atoms with Crippen molar-refractivity contribution in [1.82, 2.24) is 4.90 Å². The lowest BCUT2D eigenvalue weighted by Gasteiger charge is -2.42. The van der Waals surface area contributed by atoms with Gasteiger partial charge >= 0.3 is 0 Å². The summed E-state index contributed by atoms with van der Waals surface area (Å²) in [7, 11) is 0. The van der Waals surface area contributed by atoms with Crippen molar-refractivity contribution < 1.29 is 14.2 Å². The highest BCUT2D eigenvalue weighted by Gasteiger charge is 2.35. The highest BCUT2D eigenvalue weighted by atomic mass is 19.1. The van der Waals surface area contributed by atoms with E-state index in [1.165, 1.54) is 17.7 Å². The molecular weight excluding hydrogens is 281 g/mol. The molecule has 116 valence electrons. The van der Waals surface area contributed by atoms with Crippen LogP contribution in [-0.4, -0.2) is 29.4 Å². The number of aliphatic hydroxyl groups excluding tert-OH is 1. The van der Waals surface area contributed by atoms with Crippen molar-refractivity contribution in [3.63, 3.8) is 0 Å². The predicted octanol–water partition coefficient (Wildman–Crippen LogP) is 3.28. The van der Waals surface area contributed by atoms with Crippen molar-refractivity contribution in [1.29, 1.82) is 0 Å². The summed E-state index contributed by atoms with van der Waals surface area (Å²) in [5.74, 6) is -0.280. The minimum Gasteiger partial charge on any atom is -0.366 e. The molecule has 0 spiro atoms. The summed E-state index contributed by atoms with van der Waals surface area (Å²) in [6.07, 6.45) is -0.912. The van der Waals surface area contributed by atoms with E-state index in [9.17, 15) is 9.50 Å². The first kappa shape index (κ1) is 15.2. The van der Waals surface area contributed by atoms with Crippen LogP contribution in [0, 0.1) is 5.82 Å². The van der Waals surface area contributed by atoms with E-state index < -0.39 is 6.29 Å². The number of ether oxygens (including phenoxy) is 1.